The molecule has 1 atom stereocenters. The molecule has 100 valence electrons. The number of pyridine rings is 1. The van der Waals surface area contributed by atoms with E-state index in [1.807, 2.05) is 29.3 Å². The van der Waals surface area contributed by atoms with Gasteiger partial charge in [-0.25, -0.2) is 9.78 Å². The van der Waals surface area contributed by atoms with Crippen LogP contribution in [-0.2, 0) is 4.79 Å². The number of rotatable bonds is 3. The van der Waals surface area contributed by atoms with Crippen LogP contribution in [0.2, 0.25) is 0 Å². The first-order chi connectivity index (χ1) is 9.19. The monoisotopic (exact) mass is 276 g/mol. The molecule has 2 aromatic heterocycles. The van der Waals surface area contributed by atoms with Crippen LogP contribution >= 0.6 is 11.3 Å². The fourth-order valence-electron chi connectivity index (χ4n) is 3.02. The lowest BCUT2D eigenvalue weighted by atomic mass is 9.93. The van der Waals surface area contributed by atoms with Gasteiger partial charge < -0.3 is 10.0 Å². The molecule has 1 N–H and O–H groups in total. The number of carboxylic acid groups (broad SMARTS) is 1. The van der Waals surface area contributed by atoms with Gasteiger partial charge in [-0.15, -0.1) is 11.3 Å². The molecule has 1 unspecified atom stereocenters. The highest BCUT2D eigenvalue weighted by molar-refractivity contribution is 7.17. The quantitative estimate of drug-likeness (QED) is 0.935. The van der Waals surface area contributed by atoms with Crippen LogP contribution in [0.5, 0.6) is 0 Å². The Hall–Kier alpha value is -1.62. The molecule has 1 fully saturated rings. The molecule has 0 spiro atoms. The largest absolute Gasteiger partial charge is 0.479 e. The van der Waals surface area contributed by atoms with Crippen LogP contribution in [0.4, 0.5) is 5.82 Å². The third kappa shape index (κ3) is 1.72. The summed E-state index contributed by atoms with van der Waals surface area (Å²) in [5.74, 6) is 0.0852. The number of carboxylic acids is 1. The fraction of sp³-hybridized carbons (Fsp3) is 0.429. The van der Waals surface area contributed by atoms with Crippen molar-refractivity contribution in [3.8, 4) is 0 Å². The standard InChI is InChI=1S/C14H16N2O2S/c1-2-14(13(17)18)6-3-8-16(14)12-10-5-9-19-11(10)4-7-15-12/h4-5,7,9H,2-3,6,8H2,1H3,(H,17,18). The minimum atomic E-state index is -0.788. The molecule has 3 heterocycles. The lowest BCUT2D eigenvalue weighted by molar-refractivity contribution is -0.143. The van der Waals surface area contributed by atoms with E-state index in [-0.39, 0.29) is 0 Å². The zero-order chi connectivity index (χ0) is 13.5. The maximum Gasteiger partial charge on any atom is 0.329 e. The first-order valence-electron chi connectivity index (χ1n) is 6.52. The molecule has 2 aromatic rings. The van der Waals surface area contributed by atoms with Crippen molar-refractivity contribution in [2.45, 2.75) is 31.7 Å². The van der Waals surface area contributed by atoms with E-state index >= 15 is 0 Å². The summed E-state index contributed by atoms with van der Waals surface area (Å²) in [4.78, 5) is 18.2. The third-order valence-electron chi connectivity index (χ3n) is 4.09. The maximum absolute atomic E-state index is 11.7. The van der Waals surface area contributed by atoms with E-state index in [1.165, 1.54) is 0 Å². The Labute approximate surface area is 115 Å². The Kier molecular flexibility index (Phi) is 2.93. The molecule has 0 amide bonds. The summed E-state index contributed by atoms with van der Waals surface area (Å²) in [5.41, 5.74) is -0.788. The van der Waals surface area contributed by atoms with Gasteiger partial charge in [0.2, 0.25) is 0 Å². The summed E-state index contributed by atoms with van der Waals surface area (Å²) in [6.45, 7) is 2.71. The highest BCUT2D eigenvalue weighted by Gasteiger charge is 2.47. The maximum atomic E-state index is 11.7. The van der Waals surface area contributed by atoms with E-state index in [1.54, 1.807) is 17.5 Å². The fourth-order valence-corrected chi connectivity index (χ4v) is 3.80. The van der Waals surface area contributed by atoms with E-state index in [4.69, 9.17) is 0 Å². The summed E-state index contributed by atoms with van der Waals surface area (Å²) in [6.07, 6.45) is 3.97. The first-order valence-corrected chi connectivity index (χ1v) is 7.40. The molecule has 1 aliphatic heterocycles. The Morgan fingerprint density at radius 3 is 3.16 bits per heavy atom. The summed E-state index contributed by atoms with van der Waals surface area (Å²) >= 11 is 1.66. The second kappa shape index (κ2) is 4.49. The molecule has 0 aliphatic carbocycles. The lowest BCUT2D eigenvalue weighted by Crippen LogP contribution is -2.50. The van der Waals surface area contributed by atoms with Gasteiger partial charge in [-0.05, 0) is 36.8 Å². The minimum Gasteiger partial charge on any atom is -0.479 e. The van der Waals surface area contributed by atoms with E-state index in [0.717, 1.165) is 28.9 Å². The van der Waals surface area contributed by atoms with Crippen molar-refractivity contribution in [2.75, 3.05) is 11.4 Å². The normalized spacial score (nSPS) is 23.1. The van der Waals surface area contributed by atoms with Gasteiger partial charge in [0, 0.05) is 22.8 Å². The van der Waals surface area contributed by atoms with Gasteiger partial charge in [0.1, 0.15) is 11.4 Å². The number of aromatic nitrogens is 1. The van der Waals surface area contributed by atoms with E-state index in [2.05, 4.69) is 4.98 Å². The van der Waals surface area contributed by atoms with Crippen LogP contribution < -0.4 is 4.90 Å². The molecule has 5 heteroatoms. The average Bonchev–Trinajstić information content (AvgIpc) is 3.05. The van der Waals surface area contributed by atoms with Crippen molar-refractivity contribution < 1.29 is 9.90 Å². The number of nitrogens with zero attached hydrogens (tertiary/aromatic N) is 2. The molecule has 1 saturated heterocycles. The molecule has 0 radical (unpaired) electrons. The number of thiophene rings is 1. The lowest BCUT2D eigenvalue weighted by Gasteiger charge is -2.35. The SMILES string of the molecule is CCC1(C(=O)O)CCCN1c1nccc2sccc12. The number of hydrogen-bond donors (Lipinski definition) is 1. The van der Waals surface area contributed by atoms with Crippen LogP contribution in [0.1, 0.15) is 26.2 Å². The molecule has 3 rings (SSSR count). The summed E-state index contributed by atoms with van der Waals surface area (Å²) in [5, 5.41) is 12.7. The van der Waals surface area contributed by atoms with Crippen molar-refractivity contribution in [3.63, 3.8) is 0 Å². The predicted octanol–water partition coefficient (Wildman–Crippen LogP) is 3.13. The predicted molar refractivity (Wildman–Crippen MR) is 76.9 cm³/mol. The molecular formula is C14H16N2O2S. The molecule has 19 heavy (non-hydrogen) atoms. The van der Waals surface area contributed by atoms with Crippen LogP contribution in [0.25, 0.3) is 10.1 Å². The molecule has 0 bridgehead atoms. The van der Waals surface area contributed by atoms with Crippen LogP contribution in [0.3, 0.4) is 0 Å². The number of hydrogen-bond acceptors (Lipinski definition) is 4. The minimum absolute atomic E-state index is 0.602. The van der Waals surface area contributed by atoms with Gasteiger partial charge >= 0.3 is 5.97 Å². The van der Waals surface area contributed by atoms with Gasteiger partial charge in [0.05, 0.1) is 0 Å². The third-order valence-corrected chi connectivity index (χ3v) is 4.97. The zero-order valence-corrected chi connectivity index (χ0v) is 11.6. The van der Waals surface area contributed by atoms with Crippen molar-refractivity contribution >= 4 is 33.2 Å². The van der Waals surface area contributed by atoms with Gasteiger partial charge in [-0.1, -0.05) is 6.92 Å². The van der Waals surface area contributed by atoms with Crippen molar-refractivity contribution in [3.05, 3.63) is 23.7 Å². The Morgan fingerprint density at radius 1 is 1.58 bits per heavy atom. The van der Waals surface area contributed by atoms with E-state index in [0.29, 0.717) is 12.8 Å². The number of carbonyl (C=O) groups is 1. The Balaban J connectivity index is 2.15. The van der Waals surface area contributed by atoms with Gasteiger partial charge in [0.15, 0.2) is 0 Å². The molecule has 0 aromatic carbocycles. The number of anilines is 1. The summed E-state index contributed by atoms with van der Waals surface area (Å²) in [7, 11) is 0. The number of aliphatic carboxylic acids is 1. The molecule has 0 saturated carbocycles. The van der Waals surface area contributed by atoms with Gasteiger partial charge in [-0.3, -0.25) is 0 Å². The highest BCUT2D eigenvalue weighted by Crippen LogP contribution is 2.39. The van der Waals surface area contributed by atoms with E-state index < -0.39 is 11.5 Å². The number of fused-ring (bicyclic) bond motifs is 1. The van der Waals surface area contributed by atoms with Crippen molar-refractivity contribution in [1.29, 1.82) is 0 Å². The van der Waals surface area contributed by atoms with Crippen LogP contribution in [-0.4, -0.2) is 28.1 Å². The second-order valence-electron chi connectivity index (χ2n) is 4.91. The van der Waals surface area contributed by atoms with E-state index in [9.17, 15) is 9.90 Å². The smallest absolute Gasteiger partial charge is 0.329 e. The van der Waals surface area contributed by atoms with Crippen molar-refractivity contribution in [1.82, 2.24) is 4.98 Å². The topological polar surface area (TPSA) is 53.4 Å². The average molecular weight is 276 g/mol. The van der Waals surface area contributed by atoms with Crippen molar-refractivity contribution in [2.24, 2.45) is 0 Å². The molecule has 4 nitrogen and oxygen atoms in total. The Morgan fingerprint density at radius 2 is 2.42 bits per heavy atom. The molecular weight excluding hydrogens is 260 g/mol. The van der Waals surface area contributed by atoms with Gasteiger partial charge in [0.25, 0.3) is 0 Å². The van der Waals surface area contributed by atoms with Crippen LogP contribution in [0.15, 0.2) is 23.7 Å². The summed E-state index contributed by atoms with van der Waals surface area (Å²) < 4.78 is 1.16. The summed E-state index contributed by atoms with van der Waals surface area (Å²) in [6, 6.07) is 4.01. The van der Waals surface area contributed by atoms with Gasteiger partial charge in [-0.2, -0.15) is 0 Å². The molecule has 1 aliphatic rings. The first kappa shape index (κ1) is 12.4. The second-order valence-corrected chi connectivity index (χ2v) is 5.86. The zero-order valence-electron chi connectivity index (χ0n) is 10.8. The Bertz CT molecular complexity index is 625. The van der Waals surface area contributed by atoms with Crippen LogP contribution in [0, 0.1) is 0 Å². The highest BCUT2D eigenvalue weighted by atomic mass is 32.1.